The lowest BCUT2D eigenvalue weighted by Crippen LogP contribution is -2.36. The Bertz CT molecular complexity index is 977. The molecule has 0 aliphatic rings. The quantitative estimate of drug-likeness (QED) is 0.302. The zero-order chi connectivity index (χ0) is 23.1. The third-order valence-electron chi connectivity index (χ3n) is 4.13. The van der Waals surface area contributed by atoms with Crippen molar-refractivity contribution in [2.45, 2.75) is 13.0 Å². The summed E-state index contributed by atoms with van der Waals surface area (Å²) in [5, 5.41) is 7.98. The summed E-state index contributed by atoms with van der Waals surface area (Å²) >= 11 is 12.5. The van der Waals surface area contributed by atoms with E-state index in [1.807, 2.05) is 0 Å². The van der Waals surface area contributed by atoms with Gasteiger partial charge in [0.25, 0.3) is 5.91 Å². The van der Waals surface area contributed by atoms with E-state index in [2.05, 4.69) is 10.2 Å². The zero-order valence-corrected chi connectivity index (χ0v) is 19.0. The molecule has 31 heavy (non-hydrogen) atoms. The second kappa shape index (κ2) is 10.8. The molecule has 166 valence electrons. The molecule has 0 heterocycles. The Morgan fingerprint density at radius 3 is 1.97 bits per heavy atom. The highest BCUT2D eigenvalue weighted by atomic mass is 35.5. The predicted molar refractivity (Wildman–Crippen MR) is 116 cm³/mol. The highest BCUT2D eigenvalue weighted by Gasteiger charge is 2.30. The number of ketones is 1. The molecular weight excluding hydrogens is 449 g/mol. The number of ether oxygens (including phenoxy) is 4. The normalized spacial score (nSPS) is 11.7. The molecule has 0 saturated carbocycles. The number of halogens is 2. The summed E-state index contributed by atoms with van der Waals surface area (Å²) in [6.07, 6.45) is 0. The third kappa shape index (κ3) is 5.56. The van der Waals surface area contributed by atoms with Crippen molar-refractivity contribution in [3.8, 4) is 23.0 Å². The van der Waals surface area contributed by atoms with E-state index in [0.29, 0.717) is 17.2 Å². The SMILES string of the molecule is COc1cc(OC)cc(N(Cl)C(=O)C(N=Nc2c(OC)ccc(OC)c2Cl)C(C)=O)c1. The van der Waals surface area contributed by atoms with Gasteiger partial charge in [0.1, 0.15) is 33.7 Å². The van der Waals surface area contributed by atoms with Gasteiger partial charge in [0.2, 0.25) is 6.04 Å². The van der Waals surface area contributed by atoms with Gasteiger partial charge in [-0.3, -0.25) is 9.59 Å². The van der Waals surface area contributed by atoms with E-state index in [0.717, 1.165) is 4.42 Å². The van der Waals surface area contributed by atoms with Crippen LogP contribution in [0.1, 0.15) is 6.92 Å². The minimum absolute atomic E-state index is 0.103. The number of nitrogens with zero attached hydrogens (tertiary/aromatic N) is 3. The number of anilines is 1. The number of methoxy groups -OCH3 is 4. The van der Waals surface area contributed by atoms with Crippen molar-refractivity contribution in [2.75, 3.05) is 32.9 Å². The molecule has 1 unspecified atom stereocenters. The fourth-order valence-corrected chi connectivity index (χ4v) is 2.97. The van der Waals surface area contributed by atoms with Crippen LogP contribution in [0.25, 0.3) is 0 Å². The number of benzene rings is 2. The van der Waals surface area contributed by atoms with Gasteiger partial charge in [-0.2, -0.15) is 5.11 Å². The van der Waals surface area contributed by atoms with Crippen LogP contribution in [0.4, 0.5) is 11.4 Å². The summed E-state index contributed by atoms with van der Waals surface area (Å²) in [5.41, 5.74) is 0.327. The summed E-state index contributed by atoms with van der Waals surface area (Å²) in [7, 11) is 5.76. The standard InChI is InChI=1S/C20H21Cl2N3O6/c1-11(26)18(23-24-19-16(31-5)7-6-15(30-4)17(19)21)20(27)25(22)12-8-13(28-2)10-14(9-12)29-3/h6-10,18H,1-5H3. The fourth-order valence-electron chi connectivity index (χ4n) is 2.50. The van der Waals surface area contributed by atoms with E-state index in [-0.39, 0.29) is 22.1 Å². The lowest BCUT2D eigenvalue weighted by atomic mass is 10.2. The van der Waals surface area contributed by atoms with Crippen LogP contribution in [0.2, 0.25) is 5.02 Å². The Labute approximate surface area is 189 Å². The topological polar surface area (TPSA) is 99.0 Å². The van der Waals surface area contributed by atoms with E-state index >= 15 is 0 Å². The van der Waals surface area contributed by atoms with Gasteiger partial charge in [0.05, 0.1) is 34.1 Å². The minimum atomic E-state index is -1.53. The molecule has 0 aromatic heterocycles. The number of azo groups is 1. The molecule has 0 bridgehead atoms. The number of hydrogen-bond donors (Lipinski definition) is 0. The maximum absolute atomic E-state index is 12.9. The molecule has 2 aromatic rings. The van der Waals surface area contributed by atoms with Gasteiger partial charge in [0.15, 0.2) is 5.78 Å². The Balaban J connectivity index is 2.41. The van der Waals surface area contributed by atoms with Gasteiger partial charge in [0, 0.05) is 30.0 Å². The first-order valence-electron chi connectivity index (χ1n) is 8.81. The molecular formula is C20H21Cl2N3O6. The van der Waals surface area contributed by atoms with Crippen molar-refractivity contribution >= 4 is 46.4 Å². The van der Waals surface area contributed by atoms with Crippen LogP contribution in [0, 0.1) is 0 Å². The van der Waals surface area contributed by atoms with Crippen LogP contribution in [0.15, 0.2) is 40.6 Å². The van der Waals surface area contributed by atoms with Gasteiger partial charge < -0.3 is 18.9 Å². The maximum atomic E-state index is 12.9. The summed E-state index contributed by atoms with van der Waals surface area (Å²) in [6, 6.07) is 6.25. The molecule has 1 atom stereocenters. The van der Waals surface area contributed by atoms with Crippen molar-refractivity contribution in [2.24, 2.45) is 10.2 Å². The average molecular weight is 470 g/mol. The van der Waals surface area contributed by atoms with E-state index in [1.165, 1.54) is 47.5 Å². The van der Waals surface area contributed by atoms with Crippen LogP contribution in [0.3, 0.4) is 0 Å². The maximum Gasteiger partial charge on any atom is 0.276 e. The number of carbonyl (C=O) groups excluding carboxylic acids is 2. The molecule has 9 nitrogen and oxygen atoms in total. The van der Waals surface area contributed by atoms with Crippen LogP contribution in [-0.2, 0) is 9.59 Å². The van der Waals surface area contributed by atoms with Crippen LogP contribution in [-0.4, -0.2) is 46.2 Å². The average Bonchev–Trinajstić information content (AvgIpc) is 2.78. The number of carbonyl (C=O) groups is 2. The molecule has 0 aliphatic carbocycles. The summed E-state index contributed by atoms with van der Waals surface area (Å²) in [6.45, 7) is 1.20. The summed E-state index contributed by atoms with van der Waals surface area (Å²) < 4.78 is 21.5. The Morgan fingerprint density at radius 1 is 0.935 bits per heavy atom. The minimum Gasteiger partial charge on any atom is -0.497 e. The molecule has 1 amide bonds. The fraction of sp³-hybridized carbons (Fsp3) is 0.300. The Kier molecular flexibility index (Phi) is 8.47. The van der Waals surface area contributed by atoms with Gasteiger partial charge in [-0.25, -0.2) is 4.42 Å². The van der Waals surface area contributed by atoms with Gasteiger partial charge in [-0.15, -0.1) is 5.11 Å². The van der Waals surface area contributed by atoms with Crippen molar-refractivity contribution in [3.63, 3.8) is 0 Å². The first-order chi connectivity index (χ1) is 14.8. The van der Waals surface area contributed by atoms with Crippen molar-refractivity contribution in [3.05, 3.63) is 35.4 Å². The second-order valence-electron chi connectivity index (χ2n) is 6.05. The zero-order valence-electron chi connectivity index (χ0n) is 17.5. The lowest BCUT2D eigenvalue weighted by molar-refractivity contribution is -0.126. The highest BCUT2D eigenvalue weighted by Crippen LogP contribution is 2.41. The third-order valence-corrected chi connectivity index (χ3v) is 4.86. The molecule has 11 heteroatoms. The summed E-state index contributed by atoms with van der Waals surface area (Å²) in [4.78, 5) is 25.1. The number of rotatable bonds is 9. The van der Waals surface area contributed by atoms with Gasteiger partial charge in [-0.1, -0.05) is 11.6 Å². The monoisotopic (exact) mass is 469 g/mol. The number of Topliss-reactive ketones (excluding diaryl/α,β-unsaturated/α-hetero) is 1. The molecule has 0 aliphatic heterocycles. The van der Waals surface area contributed by atoms with E-state index in [1.54, 1.807) is 18.2 Å². The number of amides is 1. The Hall–Kier alpha value is -3.04. The van der Waals surface area contributed by atoms with Crippen LogP contribution in [0.5, 0.6) is 23.0 Å². The first kappa shape index (κ1) is 24.2. The summed E-state index contributed by atoms with van der Waals surface area (Å²) in [5.74, 6) is 0.0102. The molecule has 0 radical (unpaired) electrons. The molecule has 0 fully saturated rings. The van der Waals surface area contributed by atoms with Gasteiger partial charge >= 0.3 is 0 Å². The van der Waals surface area contributed by atoms with E-state index in [9.17, 15) is 9.59 Å². The Morgan fingerprint density at radius 2 is 1.48 bits per heavy atom. The van der Waals surface area contributed by atoms with Crippen molar-refractivity contribution in [1.29, 1.82) is 0 Å². The van der Waals surface area contributed by atoms with Crippen LogP contribution >= 0.6 is 23.4 Å². The van der Waals surface area contributed by atoms with Crippen molar-refractivity contribution < 1.29 is 28.5 Å². The smallest absolute Gasteiger partial charge is 0.276 e. The first-order valence-corrected chi connectivity index (χ1v) is 9.53. The predicted octanol–water partition coefficient (Wildman–Crippen LogP) is 4.60. The van der Waals surface area contributed by atoms with Gasteiger partial charge in [-0.05, 0) is 19.1 Å². The lowest BCUT2D eigenvalue weighted by Gasteiger charge is -2.18. The largest absolute Gasteiger partial charge is 0.497 e. The molecule has 0 spiro atoms. The molecule has 2 rings (SSSR count). The molecule has 0 saturated heterocycles. The van der Waals surface area contributed by atoms with E-state index in [4.69, 9.17) is 42.3 Å². The van der Waals surface area contributed by atoms with Crippen LogP contribution < -0.4 is 23.4 Å². The van der Waals surface area contributed by atoms with Crippen molar-refractivity contribution in [1.82, 2.24) is 0 Å². The highest BCUT2D eigenvalue weighted by molar-refractivity contribution is 6.39. The molecule has 2 aromatic carbocycles. The van der Waals surface area contributed by atoms with E-state index < -0.39 is 17.7 Å². The second-order valence-corrected chi connectivity index (χ2v) is 6.77. The molecule has 0 N–H and O–H groups in total. The number of hydrogen-bond acceptors (Lipinski definition) is 8.